The average Bonchev–Trinajstić information content (AvgIpc) is 1.79. The zero-order chi connectivity index (χ0) is 7.83. The van der Waals surface area contributed by atoms with Crippen LogP contribution < -0.4 is 0 Å². The van der Waals surface area contributed by atoms with E-state index in [0.717, 1.165) is 0 Å². The van der Waals surface area contributed by atoms with Crippen molar-refractivity contribution in [1.82, 2.24) is 0 Å². The minimum Gasteiger partial charge on any atom is -0.0923 e. The van der Waals surface area contributed by atoms with Crippen molar-refractivity contribution in [3.05, 3.63) is 24.3 Å². The predicted molar refractivity (Wildman–Crippen MR) is 47.2 cm³/mol. The van der Waals surface area contributed by atoms with Crippen LogP contribution in [0.4, 0.5) is 0 Å². The van der Waals surface area contributed by atoms with E-state index >= 15 is 0 Å². The monoisotopic (exact) mass is 216 g/mol. The van der Waals surface area contributed by atoms with Gasteiger partial charge < -0.3 is 0 Å². The standard InChI is InChI=1S/C6H4Cl4/c7-5(8)1-2-6(9,10)4-3-5/h1-4H. The maximum atomic E-state index is 5.67. The Morgan fingerprint density at radius 3 is 1.00 bits per heavy atom. The number of alkyl halides is 4. The zero-order valence-electron chi connectivity index (χ0n) is 4.82. The van der Waals surface area contributed by atoms with Crippen LogP contribution >= 0.6 is 46.4 Å². The van der Waals surface area contributed by atoms with Gasteiger partial charge in [0.05, 0.1) is 0 Å². The van der Waals surface area contributed by atoms with E-state index in [2.05, 4.69) is 0 Å². The van der Waals surface area contributed by atoms with Crippen molar-refractivity contribution in [2.45, 2.75) is 8.67 Å². The fraction of sp³-hybridized carbons (Fsp3) is 0.333. The number of halogens is 4. The van der Waals surface area contributed by atoms with Gasteiger partial charge in [-0.25, -0.2) is 0 Å². The summed E-state index contributed by atoms with van der Waals surface area (Å²) in [4.78, 5) is 0. The lowest BCUT2D eigenvalue weighted by atomic mass is 10.2. The van der Waals surface area contributed by atoms with Gasteiger partial charge in [0.1, 0.15) is 0 Å². The lowest BCUT2D eigenvalue weighted by Crippen LogP contribution is -2.15. The Bertz CT molecular complexity index is 152. The molecular weight excluding hydrogens is 214 g/mol. The normalized spacial score (nSPS) is 26.8. The van der Waals surface area contributed by atoms with E-state index in [1.807, 2.05) is 0 Å². The fourth-order valence-corrected chi connectivity index (χ4v) is 1.06. The van der Waals surface area contributed by atoms with Crippen molar-refractivity contribution in [2.24, 2.45) is 0 Å². The van der Waals surface area contributed by atoms with Crippen LogP contribution in [0.3, 0.4) is 0 Å². The first-order valence-corrected chi connectivity index (χ1v) is 4.09. The second-order valence-corrected chi connectivity index (χ2v) is 4.90. The molecule has 0 radical (unpaired) electrons. The van der Waals surface area contributed by atoms with Crippen LogP contribution in [0.5, 0.6) is 0 Å². The fourth-order valence-electron chi connectivity index (χ4n) is 0.556. The van der Waals surface area contributed by atoms with Crippen LogP contribution in [0.1, 0.15) is 0 Å². The van der Waals surface area contributed by atoms with Gasteiger partial charge in [0.2, 0.25) is 0 Å². The molecule has 0 aromatic carbocycles. The second kappa shape index (κ2) is 2.60. The number of hydrogen-bond donors (Lipinski definition) is 0. The molecular formula is C6H4Cl4. The van der Waals surface area contributed by atoms with Crippen molar-refractivity contribution >= 4 is 46.4 Å². The van der Waals surface area contributed by atoms with E-state index in [1.165, 1.54) is 24.3 Å². The average molecular weight is 218 g/mol. The van der Waals surface area contributed by atoms with E-state index in [-0.39, 0.29) is 0 Å². The summed E-state index contributed by atoms with van der Waals surface area (Å²) >= 11 is 22.7. The van der Waals surface area contributed by atoms with Gasteiger partial charge in [-0.1, -0.05) is 46.4 Å². The van der Waals surface area contributed by atoms with Crippen molar-refractivity contribution in [3.63, 3.8) is 0 Å². The second-order valence-electron chi connectivity index (χ2n) is 2.02. The number of hydrogen-bond acceptors (Lipinski definition) is 0. The summed E-state index contributed by atoms with van der Waals surface area (Å²) in [6, 6.07) is 0. The highest BCUT2D eigenvalue weighted by atomic mass is 35.5. The topological polar surface area (TPSA) is 0 Å². The van der Waals surface area contributed by atoms with Crippen LogP contribution in [-0.4, -0.2) is 8.67 Å². The van der Waals surface area contributed by atoms with Gasteiger partial charge in [-0.05, 0) is 24.3 Å². The minimum absolute atomic E-state index is 0.951. The molecule has 0 saturated carbocycles. The van der Waals surface area contributed by atoms with Crippen molar-refractivity contribution < 1.29 is 0 Å². The molecule has 0 aromatic heterocycles. The van der Waals surface area contributed by atoms with Crippen molar-refractivity contribution in [2.75, 3.05) is 0 Å². The van der Waals surface area contributed by atoms with Crippen LogP contribution in [-0.2, 0) is 0 Å². The third-order valence-electron chi connectivity index (χ3n) is 1.06. The van der Waals surface area contributed by atoms with Crippen LogP contribution in [0.15, 0.2) is 24.3 Å². The summed E-state index contributed by atoms with van der Waals surface area (Å²) in [5.41, 5.74) is 0. The smallest absolute Gasteiger partial charge is 0.0923 e. The Labute approximate surface area is 79.4 Å². The first-order chi connectivity index (χ1) is 4.41. The van der Waals surface area contributed by atoms with Gasteiger partial charge >= 0.3 is 0 Å². The van der Waals surface area contributed by atoms with Crippen LogP contribution in [0.2, 0.25) is 0 Å². The van der Waals surface area contributed by atoms with Crippen molar-refractivity contribution in [1.29, 1.82) is 0 Å². The van der Waals surface area contributed by atoms with Gasteiger partial charge in [0.15, 0.2) is 8.67 Å². The predicted octanol–water partition coefficient (Wildman–Crippen LogP) is 3.46. The highest BCUT2D eigenvalue weighted by Crippen LogP contribution is 2.35. The third kappa shape index (κ3) is 2.35. The summed E-state index contributed by atoms with van der Waals surface area (Å²) < 4.78 is -1.90. The molecule has 0 nitrogen and oxygen atoms in total. The molecule has 0 bridgehead atoms. The van der Waals surface area contributed by atoms with E-state index in [9.17, 15) is 0 Å². The van der Waals surface area contributed by atoms with Gasteiger partial charge in [0, 0.05) is 0 Å². The molecule has 0 heterocycles. The quantitative estimate of drug-likeness (QED) is 0.431. The molecule has 56 valence electrons. The first-order valence-electron chi connectivity index (χ1n) is 2.58. The molecule has 0 saturated heterocycles. The molecule has 0 amide bonds. The van der Waals surface area contributed by atoms with E-state index in [1.54, 1.807) is 0 Å². The molecule has 0 unspecified atom stereocenters. The Hall–Kier alpha value is 0.640. The zero-order valence-corrected chi connectivity index (χ0v) is 7.84. The Kier molecular flexibility index (Phi) is 2.27. The lowest BCUT2D eigenvalue weighted by Gasteiger charge is -2.19. The molecule has 0 aromatic rings. The van der Waals surface area contributed by atoms with E-state index < -0.39 is 8.67 Å². The summed E-state index contributed by atoms with van der Waals surface area (Å²) in [7, 11) is 0. The molecule has 0 aliphatic heterocycles. The molecule has 0 N–H and O–H groups in total. The summed E-state index contributed by atoms with van der Waals surface area (Å²) in [5.74, 6) is 0. The highest BCUT2D eigenvalue weighted by Gasteiger charge is 2.26. The number of rotatable bonds is 0. The van der Waals surface area contributed by atoms with E-state index in [4.69, 9.17) is 46.4 Å². The minimum atomic E-state index is -0.951. The molecule has 0 atom stereocenters. The van der Waals surface area contributed by atoms with Crippen molar-refractivity contribution in [3.8, 4) is 0 Å². The van der Waals surface area contributed by atoms with Crippen LogP contribution in [0.25, 0.3) is 0 Å². The lowest BCUT2D eigenvalue weighted by molar-refractivity contribution is 1.12. The largest absolute Gasteiger partial charge is 0.154 e. The van der Waals surface area contributed by atoms with Gasteiger partial charge in [-0.2, -0.15) is 0 Å². The highest BCUT2D eigenvalue weighted by molar-refractivity contribution is 6.54. The number of allylic oxidation sites excluding steroid dienone is 4. The maximum absolute atomic E-state index is 5.67. The van der Waals surface area contributed by atoms with E-state index in [0.29, 0.717) is 0 Å². The van der Waals surface area contributed by atoms with Crippen LogP contribution in [0, 0.1) is 0 Å². The molecule has 0 fully saturated rings. The first kappa shape index (κ1) is 8.73. The SMILES string of the molecule is ClC1(Cl)C=CC(Cl)(Cl)C=C1. The summed E-state index contributed by atoms with van der Waals surface area (Å²) in [5, 5.41) is 0. The van der Waals surface area contributed by atoms with Gasteiger partial charge in [0.25, 0.3) is 0 Å². The summed E-state index contributed by atoms with van der Waals surface area (Å²) in [6.07, 6.45) is 6.15. The molecule has 10 heavy (non-hydrogen) atoms. The molecule has 4 heteroatoms. The molecule has 1 aliphatic rings. The van der Waals surface area contributed by atoms with Gasteiger partial charge in [-0.3, -0.25) is 0 Å². The Morgan fingerprint density at radius 2 is 0.800 bits per heavy atom. The van der Waals surface area contributed by atoms with Gasteiger partial charge in [-0.15, -0.1) is 0 Å². The molecule has 1 aliphatic carbocycles. The maximum Gasteiger partial charge on any atom is 0.154 e. The Balaban J connectivity index is 2.81. The third-order valence-corrected chi connectivity index (χ3v) is 2.06. The summed E-state index contributed by atoms with van der Waals surface area (Å²) in [6.45, 7) is 0. The Morgan fingerprint density at radius 1 is 0.600 bits per heavy atom. The molecule has 0 spiro atoms. The molecule has 1 rings (SSSR count).